The van der Waals surface area contributed by atoms with Crippen molar-refractivity contribution in [3.05, 3.63) is 0 Å². The second kappa shape index (κ2) is 4.37. The fraction of sp³-hybridized carbons (Fsp3) is 0.889. The quantitative estimate of drug-likeness (QED) is 0.570. The smallest absolute Gasteiger partial charge is 0.293 e. The Kier molecular flexibility index (Phi) is 3.40. The third-order valence-corrected chi connectivity index (χ3v) is 2.41. The van der Waals surface area contributed by atoms with Gasteiger partial charge in [-0.2, -0.15) is 0 Å². The Balaban J connectivity index is 1.95. The van der Waals surface area contributed by atoms with Gasteiger partial charge in [0, 0.05) is 0 Å². The van der Waals surface area contributed by atoms with E-state index in [2.05, 4.69) is 6.92 Å². The van der Waals surface area contributed by atoms with Gasteiger partial charge in [-0.05, 0) is 18.8 Å². The summed E-state index contributed by atoms with van der Waals surface area (Å²) in [5.41, 5.74) is 0. The van der Waals surface area contributed by atoms with Crippen molar-refractivity contribution in [2.75, 3.05) is 0 Å². The van der Waals surface area contributed by atoms with Crippen molar-refractivity contribution in [2.45, 2.75) is 45.1 Å². The van der Waals surface area contributed by atoms with Crippen molar-refractivity contribution in [2.24, 2.45) is 5.92 Å². The second-order valence-electron chi connectivity index (χ2n) is 3.33. The lowest BCUT2D eigenvalue weighted by molar-refractivity contribution is -0.139. The lowest BCUT2D eigenvalue weighted by Gasteiger charge is -2.33. The van der Waals surface area contributed by atoms with Crippen LogP contribution >= 0.6 is 0 Å². The summed E-state index contributed by atoms with van der Waals surface area (Å²) >= 11 is 0. The highest BCUT2D eigenvalue weighted by Crippen LogP contribution is 2.33. The summed E-state index contributed by atoms with van der Waals surface area (Å²) in [6.45, 7) is 2.78. The van der Waals surface area contributed by atoms with E-state index in [0.717, 1.165) is 18.8 Å². The Morgan fingerprint density at radius 1 is 1.55 bits per heavy atom. The zero-order valence-electron chi connectivity index (χ0n) is 7.08. The molecule has 0 heterocycles. The highest BCUT2D eigenvalue weighted by molar-refractivity contribution is 5.37. The van der Waals surface area contributed by atoms with Gasteiger partial charge < -0.3 is 4.74 Å². The molecule has 0 aromatic heterocycles. The van der Waals surface area contributed by atoms with Gasteiger partial charge in [0.25, 0.3) is 6.47 Å². The first-order chi connectivity index (χ1) is 5.36. The van der Waals surface area contributed by atoms with E-state index in [9.17, 15) is 4.79 Å². The molecule has 0 radical (unpaired) electrons. The van der Waals surface area contributed by atoms with E-state index in [-0.39, 0.29) is 6.10 Å². The Morgan fingerprint density at radius 3 is 2.82 bits per heavy atom. The monoisotopic (exact) mass is 156 g/mol. The molecule has 0 atom stereocenters. The van der Waals surface area contributed by atoms with E-state index in [1.54, 1.807) is 0 Å². The third kappa shape index (κ3) is 2.52. The van der Waals surface area contributed by atoms with Crippen molar-refractivity contribution in [1.29, 1.82) is 0 Å². The summed E-state index contributed by atoms with van der Waals surface area (Å²) in [4.78, 5) is 9.91. The van der Waals surface area contributed by atoms with Gasteiger partial charge in [0.05, 0.1) is 0 Å². The van der Waals surface area contributed by atoms with E-state index in [0.29, 0.717) is 6.47 Å². The standard InChI is InChI=1S/C9H16O2/c1-2-3-4-8-5-9(6-8)11-7-10/h7-9H,2-6H2,1H3. The van der Waals surface area contributed by atoms with Crippen LogP contribution in [0.5, 0.6) is 0 Å². The Hall–Kier alpha value is -0.530. The van der Waals surface area contributed by atoms with Gasteiger partial charge in [-0.1, -0.05) is 26.2 Å². The van der Waals surface area contributed by atoms with Crippen molar-refractivity contribution < 1.29 is 9.53 Å². The van der Waals surface area contributed by atoms with Crippen molar-refractivity contribution in [3.8, 4) is 0 Å². The summed E-state index contributed by atoms with van der Waals surface area (Å²) in [7, 11) is 0. The highest BCUT2D eigenvalue weighted by atomic mass is 16.5. The highest BCUT2D eigenvalue weighted by Gasteiger charge is 2.29. The van der Waals surface area contributed by atoms with Gasteiger partial charge in [-0.25, -0.2) is 0 Å². The average molecular weight is 156 g/mol. The summed E-state index contributed by atoms with van der Waals surface area (Å²) < 4.78 is 4.81. The first kappa shape index (κ1) is 8.57. The normalized spacial score (nSPS) is 29.2. The second-order valence-corrected chi connectivity index (χ2v) is 3.33. The molecule has 0 N–H and O–H groups in total. The zero-order valence-corrected chi connectivity index (χ0v) is 7.08. The maximum absolute atomic E-state index is 9.91. The number of unbranched alkanes of at least 4 members (excludes halogenated alkanes) is 1. The van der Waals surface area contributed by atoms with Crippen LogP contribution in [0.4, 0.5) is 0 Å². The molecule has 0 unspecified atom stereocenters. The third-order valence-electron chi connectivity index (χ3n) is 2.41. The number of hydrogen-bond acceptors (Lipinski definition) is 2. The van der Waals surface area contributed by atoms with Crippen molar-refractivity contribution in [1.82, 2.24) is 0 Å². The molecule has 2 nitrogen and oxygen atoms in total. The minimum absolute atomic E-state index is 0.245. The Bertz CT molecular complexity index is 117. The lowest BCUT2D eigenvalue weighted by atomic mass is 9.79. The minimum atomic E-state index is 0.245. The minimum Gasteiger partial charge on any atom is -0.465 e. The van der Waals surface area contributed by atoms with Gasteiger partial charge in [0.1, 0.15) is 6.10 Å². The van der Waals surface area contributed by atoms with Crippen molar-refractivity contribution >= 4 is 6.47 Å². The van der Waals surface area contributed by atoms with Gasteiger partial charge in [0.15, 0.2) is 0 Å². The van der Waals surface area contributed by atoms with Gasteiger partial charge in [-0.3, -0.25) is 4.79 Å². The van der Waals surface area contributed by atoms with Crippen LogP contribution in [0.1, 0.15) is 39.0 Å². The molecule has 11 heavy (non-hydrogen) atoms. The number of ether oxygens (including phenoxy) is 1. The Labute approximate surface area is 67.9 Å². The zero-order chi connectivity index (χ0) is 8.10. The fourth-order valence-electron chi connectivity index (χ4n) is 1.59. The molecule has 0 aromatic carbocycles. The topological polar surface area (TPSA) is 26.3 Å². The predicted molar refractivity (Wildman–Crippen MR) is 43.2 cm³/mol. The maximum Gasteiger partial charge on any atom is 0.293 e. The Morgan fingerprint density at radius 2 is 2.27 bits per heavy atom. The molecular formula is C9H16O2. The molecule has 1 fully saturated rings. The molecule has 2 heteroatoms. The first-order valence-corrected chi connectivity index (χ1v) is 4.46. The molecule has 0 aromatic rings. The predicted octanol–water partition coefficient (Wildman–Crippen LogP) is 2.13. The van der Waals surface area contributed by atoms with Gasteiger partial charge in [-0.15, -0.1) is 0 Å². The summed E-state index contributed by atoms with van der Waals surface area (Å²) in [6.07, 6.45) is 6.34. The molecule has 0 amide bonds. The molecule has 1 aliphatic carbocycles. The van der Waals surface area contributed by atoms with Crippen molar-refractivity contribution in [3.63, 3.8) is 0 Å². The summed E-state index contributed by atoms with van der Waals surface area (Å²) in [5.74, 6) is 0.833. The SMILES string of the molecule is CCCCC1CC(OC=O)C1. The van der Waals surface area contributed by atoms with Crippen LogP contribution in [0.3, 0.4) is 0 Å². The van der Waals surface area contributed by atoms with Gasteiger partial charge >= 0.3 is 0 Å². The fourth-order valence-corrected chi connectivity index (χ4v) is 1.59. The van der Waals surface area contributed by atoms with Crippen LogP contribution < -0.4 is 0 Å². The number of carbonyl (C=O) groups excluding carboxylic acids is 1. The van der Waals surface area contributed by atoms with Gasteiger partial charge in [0.2, 0.25) is 0 Å². The van der Waals surface area contributed by atoms with Crippen LogP contribution in [0.25, 0.3) is 0 Å². The molecule has 0 spiro atoms. The summed E-state index contributed by atoms with van der Waals surface area (Å²) in [6, 6.07) is 0. The average Bonchev–Trinajstić information content (AvgIpc) is 1.94. The largest absolute Gasteiger partial charge is 0.465 e. The van der Waals surface area contributed by atoms with Crippen LogP contribution in [0, 0.1) is 5.92 Å². The number of carbonyl (C=O) groups is 1. The van der Waals surface area contributed by atoms with Crippen LogP contribution in [0.15, 0.2) is 0 Å². The molecule has 1 aliphatic rings. The lowest BCUT2D eigenvalue weighted by Crippen LogP contribution is -2.30. The number of hydrogen-bond donors (Lipinski definition) is 0. The maximum atomic E-state index is 9.91. The van der Waals surface area contributed by atoms with E-state index in [4.69, 9.17) is 4.74 Å². The van der Waals surface area contributed by atoms with E-state index in [1.807, 2.05) is 0 Å². The molecule has 0 saturated heterocycles. The van der Waals surface area contributed by atoms with E-state index < -0.39 is 0 Å². The van der Waals surface area contributed by atoms with Crippen LogP contribution in [0.2, 0.25) is 0 Å². The molecule has 1 saturated carbocycles. The molecule has 64 valence electrons. The van der Waals surface area contributed by atoms with Crippen LogP contribution in [-0.4, -0.2) is 12.6 Å². The van der Waals surface area contributed by atoms with E-state index >= 15 is 0 Å². The molecular weight excluding hydrogens is 140 g/mol. The number of rotatable bonds is 5. The first-order valence-electron chi connectivity index (χ1n) is 4.46. The van der Waals surface area contributed by atoms with Crippen LogP contribution in [-0.2, 0) is 9.53 Å². The summed E-state index contributed by atoms with van der Waals surface area (Å²) in [5, 5.41) is 0. The molecule has 1 rings (SSSR count). The van der Waals surface area contributed by atoms with E-state index in [1.165, 1.54) is 19.3 Å². The molecule has 0 bridgehead atoms. The molecule has 0 aliphatic heterocycles.